The number of rotatable bonds is 13. The molecule has 0 saturated carbocycles. The van der Waals surface area contributed by atoms with Crippen LogP contribution in [0.4, 0.5) is 0 Å². The molecule has 0 atom stereocenters. The summed E-state index contributed by atoms with van der Waals surface area (Å²) in [7, 11) is 4.40. The van der Waals surface area contributed by atoms with E-state index in [1.54, 1.807) is 24.3 Å². The normalized spacial score (nSPS) is 10.7. The zero-order chi connectivity index (χ0) is 24.5. The van der Waals surface area contributed by atoms with Gasteiger partial charge in [0, 0.05) is 18.1 Å². The second-order valence-electron chi connectivity index (χ2n) is 8.01. The Bertz CT molecular complexity index is 981. The van der Waals surface area contributed by atoms with Gasteiger partial charge in [0.25, 0.3) is 0 Å². The molecule has 0 fully saturated rings. The number of aromatic hydroxyl groups is 1. The molecule has 0 amide bonds. The van der Waals surface area contributed by atoms with Crippen LogP contribution in [-0.4, -0.2) is 49.9 Å². The number of aryl methyl sites for hydroxylation is 1. The minimum Gasteiger partial charge on any atom is -0.504 e. The molecule has 2 aromatic rings. The van der Waals surface area contributed by atoms with Gasteiger partial charge in [-0.25, -0.2) is 4.79 Å². The third-order valence-electron chi connectivity index (χ3n) is 5.22. The van der Waals surface area contributed by atoms with Crippen molar-refractivity contribution in [3.63, 3.8) is 0 Å². The first kappa shape index (κ1) is 25.8. The van der Waals surface area contributed by atoms with Crippen LogP contribution in [0.3, 0.4) is 0 Å². The molecule has 0 aromatic heterocycles. The number of hydrogen-bond donors (Lipinski definition) is 2. The summed E-state index contributed by atoms with van der Waals surface area (Å²) in [5.41, 5.74) is 1.58. The van der Waals surface area contributed by atoms with Crippen molar-refractivity contribution < 1.29 is 38.7 Å². The van der Waals surface area contributed by atoms with Gasteiger partial charge >= 0.3 is 5.97 Å². The Morgan fingerprint density at radius 2 is 1.61 bits per heavy atom. The number of ketones is 1. The minimum atomic E-state index is -1.15. The van der Waals surface area contributed by atoms with Gasteiger partial charge in [0.05, 0.1) is 21.3 Å². The van der Waals surface area contributed by atoms with Crippen molar-refractivity contribution in [2.45, 2.75) is 39.5 Å². The lowest BCUT2D eigenvalue weighted by Gasteiger charge is -2.21. The van der Waals surface area contributed by atoms with E-state index in [0.29, 0.717) is 35.8 Å². The number of carboxylic acids is 1. The van der Waals surface area contributed by atoms with Crippen molar-refractivity contribution in [2.24, 2.45) is 5.92 Å². The van der Waals surface area contributed by atoms with Crippen molar-refractivity contribution in [3.05, 3.63) is 41.0 Å². The largest absolute Gasteiger partial charge is 0.504 e. The van der Waals surface area contributed by atoms with Crippen molar-refractivity contribution in [1.29, 1.82) is 0 Å². The zero-order valence-electron chi connectivity index (χ0n) is 19.8. The molecule has 0 aliphatic carbocycles. The number of ether oxygens (including phenoxy) is 4. The molecule has 0 bridgehead atoms. The summed E-state index contributed by atoms with van der Waals surface area (Å²) >= 11 is 0. The maximum absolute atomic E-state index is 13.3. The SMILES string of the molecule is COc1ccc(CCC(=O)c2c(OC)cc(OC)c(CCC(C)C)c2OCC(=O)O)cc1O. The molecule has 8 nitrogen and oxygen atoms in total. The van der Waals surface area contributed by atoms with Crippen LogP contribution in [-0.2, 0) is 17.6 Å². The van der Waals surface area contributed by atoms with Gasteiger partial charge in [0.1, 0.15) is 22.8 Å². The Kier molecular flexibility index (Phi) is 9.39. The standard InChI is InChI=1S/C25H32O8/c1-15(2)6-9-17-21(31-4)13-22(32-5)24(25(17)33-14-23(28)29)18(26)10-7-16-8-11-20(30-3)19(27)12-16/h8,11-13,15,27H,6-7,9-10,14H2,1-5H3,(H,28,29). The van der Waals surface area contributed by atoms with Crippen molar-refractivity contribution >= 4 is 11.8 Å². The molecule has 8 heteroatoms. The number of Topliss-reactive ketones (excluding diaryl/α,β-unsaturated/α-hetero) is 1. The van der Waals surface area contributed by atoms with Gasteiger partial charge in [-0.3, -0.25) is 4.79 Å². The second-order valence-corrected chi connectivity index (χ2v) is 8.01. The van der Waals surface area contributed by atoms with E-state index in [-0.39, 0.29) is 35.0 Å². The number of carbonyl (C=O) groups is 2. The lowest BCUT2D eigenvalue weighted by atomic mass is 9.94. The molecule has 0 spiro atoms. The highest BCUT2D eigenvalue weighted by atomic mass is 16.5. The number of phenolic OH excluding ortho intramolecular Hbond substituents is 1. The van der Waals surface area contributed by atoms with E-state index in [1.807, 2.05) is 0 Å². The fraction of sp³-hybridized carbons (Fsp3) is 0.440. The van der Waals surface area contributed by atoms with Crippen LogP contribution < -0.4 is 18.9 Å². The number of methoxy groups -OCH3 is 3. The number of carboxylic acid groups (broad SMARTS) is 1. The zero-order valence-corrected chi connectivity index (χ0v) is 19.8. The van der Waals surface area contributed by atoms with E-state index >= 15 is 0 Å². The fourth-order valence-electron chi connectivity index (χ4n) is 3.50. The molecule has 0 unspecified atom stereocenters. The topological polar surface area (TPSA) is 112 Å². The third kappa shape index (κ3) is 6.78. The van der Waals surface area contributed by atoms with Gasteiger partial charge in [-0.2, -0.15) is 0 Å². The highest BCUT2D eigenvalue weighted by Crippen LogP contribution is 2.41. The summed E-state index contributed by atoms with van der Waals surface area (Å²) in [6.45, 7) is 3.55. The predicted octanol–water partition coefficient (Wildman–Crippen LogP) is 4.29. The van der Waals surface area contributed by atoms with Crippen molar-refractivity contribution in [2.75, 3.05) is 27.9 Å². The van der Waals surface area contributed by atoms with E-state index in [4.69, 9.17) is 18.9 Å². The van der Waals surface area contributed by atoms with Crippen LogP contribution in [0.25, 0.3) is 0 Å². The molecule has 2 N–H and O–H groups in total. The molecule has 0 aliphatic rings. The summed E-state index contributed by atoms with van der Waals surface area (Å²) in [6, 6.07) is 6.59. The number of hydrogen-bond acceptors (Lipinski definition) is 7. The second kappa shape index (κ2) is 12.0. The smallest absolute Gasteiger partial charge is 0.341 e. The molecule has 2 rings (SSSR count). The summed E-state index contributed by atoms with van der Waals surface area (Å²) in [5, 5.41) is 19.2. The average Bonchev–Trinajstić information content (AvgIpc) is 2.78. The average molecular weight is 461 g/mol. The molecule has 0 radical (unpaired) electrons. The molecule has 0 heterocycles. The monoisotopic (exact) mass is 460 g/mol. The van der Waals surface area contributed by atoms with Gasteiger partial charge in [-0.15, -0.1) is 0 Å². The first-order valence-electron chi connectivity index (χ1n) is 10.7. The van der Waals surface area contributed by atoms with Crippen LogP contribution in [0, 0.1) is 5.92 Å². The maximum Gasteiger partial charge on any atom is 0.341 e. The number of aliphatic carboxylic acids is 1. The molecule has 33 heavy (non-hydrogen) atoms. The van der Waals surface area contributed by atoms with Crippen LogP contribution in [0.5, 0.6) is 28.7 Å². The van der Waals surface area contributed by atoms with Crippen LogP contribution in [0.1, 0.15) is 48.2 Å². The minimum absolute atomic E-state index is 0.00840. The van der Waals surface area contributed by atoms with Gasteiger partial charge in [-0.05, 0) is 42.9 Å². The first-order valence-corrected chi connectivity index (χ1v) is 10.7. The molecular formula is C25H32O8. The number of benzene rings is 2. The first-order chi connectivity index (χ1) is 15.7. The highest BCUT2D eigenvalue weighted by molar-refractivity contribution is 6.02. The molecule has 180 valence electrons. The number of phenols is 1. The summed E-state index contributed by atoms with van der Waals surface area (Å²) in [4.78, 5) is 24.6. The van der Waals surface area contributed by atoms with Crippen LogP contribution in [0.15, 0.2) is 24.3 Å². The van der Waals surface area contributed by atoms with Crippen LogP contribution >= 0.6 is 0 Å². The molecular weight excluding hydrogens is 428 g/mol. The van der Waals surface area contributed by atoms with Gasteiger partial charge in [0.2, 0.25) is 0 Å². The quantitative estimate of drug-likeness (QED) is 0.426. The van der Waals surface area contributed by atoms with Gasteiger partial charge in [-0.1, -0.05) is 19.9 Å². The molecule has 0 aliphatic heterocycles. The van der Waals surface area contributed by atoms with E-state index in [9.17, 15) is 19.8 Å². The fourth-order valence-corrected chi connectivity index (χ4v) is 3.50. The lowest BCUT2D eigenvalue weighted by molar-refractivity contribution is -0.139. The Morgan fingerprint density at radius 3 is 2.15 bits per heavy atom. The lowest BCUT2D eigenvalue weighted by Crippen LogP contribution is -2.16. The van der Waals surface area contributed by atoms with E-state index in [1.165, 1.54) is 21.3 Å². The van der Waals surface area contributed by atoms with Gasteiger partial charge < -0.3 is 29.2 Å². The third-order valence-corrected chi connectivity index (χ3v) is 5.22. The maximum atomic E-state index is 13.3. The van der Waals surface area contributed by atoms with Crippen molar-refractivity contribution in [3.8, 4) is 28.7 Å². The van der Waals surface area contributed by atoms with E-state index in [0.717, 1.165) is 12.0 Å². The Hall–Kier alpha value is -3.42. The molecule has 2 aromatic carbocycles. The molecule has 0 saturated heterocycles. The van der Waals surface area contributed by atoms with E-state index in [2.05, 4.69) is 13.8 Å². The Balaban J connectivity index is 2.46. The van der Waals surface area contributed by atoms with Crippen LogP contribution in [0.2, 0.25) is 0 Å². The number of carbonyl (C=O) groups excluding carboxylic acids is 1. The van der Waals surface area contributed by atoms with E-state index < -0.39 is 12.6 Å². The van der Waals surface area contributed by atoms with Gasteiger partial charge in [0.15, 0.2) is 23.9 Å². The Labute approximate surface area is 194 Å². The summed E-state index contributed by atoms with van der Waals surface area (Å²) in [6.07, 6.45) is 1.80. The van der Waals surface area contributed by atoms with Crippen molar-refractivity contribution in [1.82, 2.24) is 0 Å². The predicted molar refractivity (Wildman–Crippen MR) is 123 cm³/mol. The Morgan fingerprint density at radius 1 is 0.939 bits per heavy atom. The highest BCUT2D eigenvalue weighted by Gasteiger charge is 2.26. The summed E-state index contributed by atoms with van der Waals surface area (Å²) < 4.78 is 21.6. The summed E-state index contributed by atoms with van der Waals surface area (Å²) in [5.74, 6) is 0.206.